The molecule has 0 spiro atoms. The molecule has 17 heavy (non-hydrogen) atoms. The van der Waals surface area contributed by atoms with Crippen molar-refractivity contribution in [3.63, 3.8) is 0 Å². The minimum absolute atomic E-state index is 0.521. The third-order valence-electron chi connectivity index (χ3n) is 3.12. The van der Waals surface area contributed by atoms with Gasteiger partial charge in [-0.25, -0.2) is 9.97 Å². The summed E-state index contributed by atoms with van der Waals surface area (Å²) in [5.41, 5.74) is 1.96. The number of aromatic nitrogens is 3. The number of pyridine rings is 1. The number of imidazole rings is 1. The lowest BCUT2D eigenvalue weighted by Gasteiger charge is -2.11. The predicted molar refractivity (Wildman–Crippen MR) is 69.8 cm³/mol. The van der Waals surface area contributed by atoms with E-state index in [1.807, 2.05) is 18.3 Å². The molecule has 0 saturated heterocycles. The molecule has 2 aromatic heterocycles. The molecule has 1 atom stereocenters. The van der Waals surface area contributed by atoms with E-state index in [4.69, 9.17) is 0 Å². The molecule has 0 fully saturated rings. The van der Waals surface area contributed by atoms with E-state index in [0.717, 1.165) is 36.5 Å². The van der Waals surface area contributed by atoms with Gasteiger partial charge in [-0.1, -0.05) is 6.92 Å². The molecule has 0 saturated carbocycles. The maximum Gasteiger partial charge on any atom is 0.160 e. The molecule has 4 nitrogen and oxygen atoms in total. The summed E-state index contributed by atoms with van der Waals surface area (Å²) in [5, 5.41) is 3.47. The first-order chi connectivity index (χ1) is 8.26. The number of rotatable bonds is 5. The van der Waals surface area contributed by atoms with Gasteiger partial charge in [-0.2, -0.15) is 0 Å². The van der Waals surface area contributed by atoms with Gasteiger partial charge in [0.25, 0.3) is 0 Å². The summed E-state index contributed by atoms with van der Waals surface area (Å²) >= 11 is 0. The maximum absolute atomic E-state index is 4.63. The fraction of sp³-hybridized carbons (Fsp3) is 0.538. The molecular weight excluding hydrogens is 212 g/mol. The van der Waals surface area contributed by atoms with Crippen molar-refractivity contribution >= 4 is 11.2 Å². The van der Waals surface area contributed by atoms with Crippen LogP contribution in [0.4, 0.5) is 0 Å². The lowest BCUT2D eigenvalue weighted by Crippen LogP contribution is -2.26. The number of hydrogen-bond donors (Lipinski definition) is 1. The second-order valence-corrected chi connectivity index (χ2v) is 4.31. The fourth-order valence-electron chi connectivity index (χ4n) is 1.88. The van der Waals surface area contributed by atoms with E-state index in [-0.39, 0.29) is 0 Å². The van der Waals surface area contributed by atoms with Crippen LogP contribution in [0.5, 0.6) is 0 Å². The lowest BCUT2D eigenvalue weighted by atomic mass is 10.2. The van der Waals surface area contributed by atoms with Gasteiger partial charge < -0.3 is 9.88 Å². The molecule has 2 rings (SSSR count). The van der Waals surface area contributed by atoms with E-state index in [0.29, 0.717) is 6.04 Å². The second kappa shape index (κ2) is 5.27. The van der Waals surface area contributed by atoms with E-state index in [9.17, 15) is 0 Å². The number of aryl methyl sites for hydroxylation is 1. The van der Waals surface area contributed by atoms with Gasteiger partial charge in [0.05, 0.1) is 6.54 Å². The van der Waals surface area contributed by atoms with Gasteiger partial charge in [0.15, 0.2) is 5.65 Å². The van der Waals surface area contributed by atoms with Crippen LogP contribution >= 0.6 is 0 Å². The summed E-state index contributed by atoms with van der Waals surface area (Å²) < 4.78 is 2.17. The van der Waals surface area contributed by atoms with E-state index in [1.165, 1.54) is 0 Å². The number of nitrogens with one attached hydrogen (secondary N) is 1. The van der Waals surface area contributed by atoms with Crippen molar-refractivity contribution in [2.45, 2.75) is 46.3 Å². The number of hydrogen-bond acceptors (Lipinski definition) is 3. The van der Waals surface area contributed by atoms with Crippen LogP contribution in [-0.2, 0) is 13.1 Å². The van der Waals surface area contributed by atoms with Crippen molar-refractivity contribution in [1.82, 2.24) is 19.9 Å². The summed E-state index contributed by atoms with van der Waals surface area (Å²) in [4.78, 5) is 9.02. The molecular formula is C13H20N4. The second-order valence-electron chi connectivity index (χ2n) is 4.31. The van der Waals surface area contributed by atoms with Crippen LogP contribution in [0.25, 0.3) is 11.2 Å². The van der Waals surface area contributed by atoms with E-state index >= 15 is 0 Å². The minimum atomic E-state index is 0.521. The SMILES string of the molecule is CCC(C)NCc1nc2cccnc2n1CC. The molecule has 1 unspecified atom stereocenters. The quantitative estimate of drug-likeness (QED) is 0.860. The largest absolute Gasteiger partial charge is 0.312 e. The third-order valence-corrected chi connectivity index (χ3v) is 3.12. The smallest absolute Gasteiger partial charge is 0.160 e. The van der Waals surface area contributed by atoms with Crippen LogP contribution in [0.15, 0.2) is 18.3 Å². The summed E-state index contributed by atoms with van der Waals surface area (Å²) in [6, 6.07) is 4.47. The Labute approximate surface area is 102 Å². The van der Waals surface area contributed by atoms with Gasteiger partial charge in [-0.15, -0.1) is 0 Å². The van der Waals surface area contributed by atoms with Gasteiger partial charge in [-0.05, 0) is 32.4 Å². The highest BCUT2D eigenvalue weighted by molar-refractivity contribution is 5.71. The highest BCUT2D eigenvalue weighted by Gasteiger charge is 2.10. The van der Waals surface area contributed by atoms with E-state index in [2.05, 4.69) is 40.6 Å². The number of fused-ring (bicyclic) bond motifs is 1. The monoisotopic (exact) mass is 232 g/mol. The zero-order chi connectivity index (χ0) is 12.3. The molecule has 2 aromatic rings. The standard InChI is InChI=1S/C13H20N4/c1-4-10(3)15-9-12-16-11-7-6-8-14-13(11)17(12)5-2/h6-8,10,15H,4-5,9H2,1-3H3. The Hall–Kier alpha value is -1.42. The van der Waals surface area contributed by atoms with Gasteiger partial charge in [-0.3, -0.25) is 0 Å². The van der Waals surface area contributed by atoms with Gasteiger partial charge in [0.2, 0.25) is 0 Å². The highest BCUT2D eigenvalue weighted by Crippen LogP contribution is 2.13. The van der Waals surface area contributed by atoms with Crippen molar-refractivity contribution in [3.8, 4) is 0 Å². The first kappa shape index (κ1) is 12.0. The molecule has 0 aliphatic heterocycles. The molecule has 0 aliphatic rings. The zero-order valence-corrected chi connectivity index (χ0v) is 10.8. The highest BCUT2D eigenvalue weighted by atomic mass is 15.1. The molecule has 0 aromatic carbocycles. The summed E-state index contributed by atoms with van der Waals surface area (Å²) in [6.45, 7) is 8.21. The first-order valence-corrected chi connectivity index (χ1v) is 6.29. The van der Waals surface area contributed by atoms with Crippen LogP contribution < -0.4 is 5.32 Å². The van der Waals surface area contributed by atoms with E-state index in [1.54, 1.807) is 0 Å². The summed E-state index contributed by atoms with van der Waals surface area (Å²) in [6.07, 6.45) is 2.95. The number of nitrogens with zero attached hydrogens (tertiary/aromatic N) is 3. The Balaban J connectivity index is 2.27. The lowest BCUT2D eigenvalue weighted by molar-refractivity contribution is 0.512. The topological polar surface area (TPSA) is 42.7 Å². The summed E-state index contributed by atoms with van der Waals surface area (Å²) in [7, 11) is 0. The van der Waals surface area contributed by atoms with E-state index < -0.39 is 0 Å². The molecule has 0 radical (unpaired) electrons. The Kier molecular flexibility index (Phi) is 3.74. The minimum Gasteiger partial charge on any atom is -0.312 e. The van der Waals surface area contributed by atoms with Crippen molar-refractivity contribution in [2.75, 3.05) is 0 Å². The van der Waals surface area contributed by atoms with Crippen molar-refractivity contribution in [3.05, 3.63) is 24.2 Å². The van der Waals surface area contributed by atoms with Gasteiger partial charge in [0, 0.05) is 18.8 Å². The molecule has 0 amide bonds. The average Bonchev–Trinajstić information content (AvgIpc) is 2.73. The van der Waals surface area contributed by atoms with Crippen molar-refractivity contribution < 1.29 is 0 Å². The van der Waals surface area contributed by atoms with Crippen LogP contribution in [0.3, 0.4) is 0 Å². The predicted octanol–water partition coefficient (Wildman–Crippen LogP) is 2.34. The van der Waals surface area contributed by atoms with Gasteiger partial charge in [0.1, 0.15) is 11.3 Å². The Morgan fingerprint density at radius 2 is 2.24 bits per heavy atom. The van der Waals surface area contributed by atoms with Crippen molar-refractivity contribution in [1.29, 1.82) is 0 Å². The van der Waals surface area contributed by atoms with Crippen LogP contribution in [0, 0.1) is 0 Å². The molecule has 1 N–H and O–H groups in total. The Bertz CT molecular complexity index is 489. The van der Waals surface area contributed by atoms with Crippen LogP contribution in [-0.4, -0.2) is 20.6 Å². The van der Waals surface area contributed by atoms with Gasteiger partial charge >= 0.3 is 0 Å². The fourth-order valence-corrected chi connectivity index (χ4v) is 1.88. The molecule has 2 heterocycles. The van der Waals surface area contributed by atoms with Crippen LogP contribution in [0.1, 0.15) is 33.0 Å². The summed E-state index contributed by atoms with van der Waals surface area (Å²) in [5.74, 6) is 1.07. The molecule has 0 aliphatic carbocycles. The molecule has 92 valence electrons. The molecule has 0 bridgehead atoms. The Morgan fingerprint density at radius 1 is 1.41 bits per heavy atom. The molecule has 4 heteroatoms. The normalized spacial score (nSPS) is 13.1. The average molecular weight is 232 g/mol. The third kappa shape index (κ3) is 2.47. The maximum atomic E-state index is 4.63. The zero-order valence-electron chi connectivity index (χ0n) is 10.8. The van der Waals surface area contributed by atoms with Crippen molar-refractivity contribution in [2.24, 2.45) is 0 Å². The van der Waals surface area contributed by atoms with Crippen LogP contribution in [0.2, 0.25) is 0 Å². The first-order valence-electron chi connectivity index (χ1n) is 6.29. The Morgan fingerprint density at radius 3 is 2.94 bits per heavy atom.